The molecule has 0 aliphatic carbocycles. The zero-order valence-electron chi connectivity index (χ0n) is 10.8. The summed E-state index contributed by atoms with van der Waals surface area (Å²) < 4.78 is 0. The van der Waals surface area contributed by atoms with Gasteiger partial charge in [0.2, 0.25) is 11.8 Å². The molecule has 2 amide bonds. The number of nitrogens with one attached hydrogen (secondary N) is 1. The maximum atomic E-state index is 11.8. The fourth-order valence-electron chi connectivity index (χ4n) is 1.96. The largest absolute Gasteiger partial charge is 0.389 e. The summed E-state index contributed by atoms with van der Waals surface area (Å²) in [6, 6.07) is -0.324. The number of hydrogen-bond acceptors (Lipinski definition) is 3. The van der Waals surface area contributed by atoms with Crippen molar-refractivity contribution in [3.63, 3.8) is 0 Å². The molecule has 1 rings (SSSR count). The van der Waals surface area contributed by atoms with Gasteiger partial charge < -0.3 is 15.3 Å². The van der Waals surface area contributed by atoms with Gasteiger partial charge in [0.05, 0.1) is 12.1 Å². The lowest BCUT2D eigenvalue weighted by atomic mass is 10.1. The van der Waals surface area contributed by atoms with Gasteiger partial charge in [0.15, 0.2) is 0 Å². The predicted molar refractivity (Wildman–Crippen MR) is 64.3 cm³/mol. The van der Waals surface area contributed by atoms with Crippen LogP contribution in [0.15, 0.2) is 0 Å². The molecule has 1 saturated heterocycles. The highest BCUT2D eigenvalue weighted by atomic mass is 16.3. The van der Waals surface area contributed by atoms with Crippen LogP contribution in [0, 0.1) is 5.92 Å². The van der Waals surface area contributed by atoms with E-state index in [0.717, 1.165) is 6.42 Å². The molecule has 0 aromatic rings. The van der Waals surface area contributed by atoms with Gasteiger partial charge in [-0.25, -0.2) is 0 Å². The van der Waals surface area contributed by atoms with Crippen LogP contribution < -0.4 is 5.32 Å². The number of carbonyl (C=O) groups excluding carboxylic acids is 2. The second kappa shape index (κ2) is 6.00. The van der Waals surface area contributed by atoms with Gasteiger partial charge in [0, 0.05) is 26.4 Å². The Bertz CT molecular complexity index is 291. The van der Waals surface area contributed by atoms with Crippen molar-refractivity contribution in [2.75, 3.05) is 13.1 Å². The van der Waals surface area contributed by atoms with Gasteiger partial charge in [0.1, 0.15) is 0 Å². The average molecular weight is 242 g/mol. The average Bonchev–Trinajstić information content (AvgIpc) is 2.56. The zero-order valence-corrected chi connectivity index (χ0v) is 10.8. The van der Waals surface area contributed by atoms with E-state index < -0.39 is 6.10 Å². The smallest absolute Gasteiger partial charge is 0.222 e. The topological polar surface area (TPSA) is 69.6 Å². The lowest BCUT2D eigenvalue weighted by Crippen LogP contribution is -2.41. The molecule has 0 radical (unpaired) electrons. The first kappa shape index (κ1) is 14.0. The monoisotopic (exact) mass is 242 g/mol. The lowest BCUT2D eigenvalue weighted by Gasteiger charge is -2.16. The number of rotatable bonds is 4. The van der Waals surface area contributed by atoms with Gasteiger partial charge in [-0.15, -0.1) is 0 Å². The Balaban J connectivity index is 2.42. The molecule has 98 valence electrons. The highest BCUT2D eigenvalue weighted by molar-refractivity contribution is 5.77. The third-order valence-corrected chi connectivity index (χ3v) is 2.97. The Kier molecular flexibility index (Phi) is 4.93. The van der Waals surface area contributed by atoms with Crippen molar-refractivity contribution in [3.8, 4) is 0 Å². The number of carbonyl (C=O) groups is 2. The van der Waals surface area contributed by atoms with E-state index in [1.807, 2.05) is 0 Å². The Morgan fingerprint density at radius 2 is 2.06 bits per heavy atom. The molecule has 0 aromatic heterocycles. The Morgan fingerprint density at radius 1 is 1.41 bits per heavy atom. The minimum atomic E-state index is -0.651. The number of aliphatic hydroxyl groups is 1. The predicted octanol–water partition coefficient (Wildman–Crippen LogP) is 0.130. The summed E-state index contributed by atoms with van der Waals surface area (Å²) in [5.74, 6) is 0.383. The molecule has 0 saturated carbocycles. The van der Waals surface area contributed by atoms with Crippen molar-refractivity contribution in [1.82, 2.24) is 10.2 Å². The minimum absolute atomic E-state index is 0.0607. The lowest BCUT2D eigenvalue weighted by molar-refractivity contribution is -0.131. The maximum absolute atomic E-state index is 11.8. The van der Waals surface area contributed by atoms with Crippen molar-refractivity contribution in [3.05, 3.63) is 0 Å². The SMILES string of the molecule is CC(=O)N[C@@H]1CN(C(=O)CCC(C)C)C[C@H]1O. The summed E-state index contributed by atoms with van der Waals surface area (Å²) >= 11 is 0. The van der Waals surface area contributed by atoms with Gasteiger partial charge in [-0.1, -0.05) is 13.8 Å². The molecule has 1 aliphatic rings. The van der Waals surface area contributed by atoms with Crippen LogP contribution in [-0.4, -0.2) is 47.1 Å². The van der Waals surface area contributed by atoms with E-state index in [1.54, 1.807) is 4.90 Å². The van der Waals surface area contributed by atoms with Crippen LogP contribution in [0.4, 0.5) is 0 Å². The first-order chi connectivity index (χ1) is 7.90. The van der Waals surface area contributed by atoms with Crippen LogP contribution in [0.1, 0.15) is 33.6 Å². The van der Waals surface area contributed by atoms with Gasteiger partial charge in [-0.3, -0.25) is 9.59 Å². The summed E-state index contributed by atoms with van der Waals surface area (Å²) in [5.41, 5.74) is 0. The molecule has 0 bridgehead atoms. The molecule has 5 heteroatoms. The minimum Gasteiger partial charge on any atom is -0.389 e. The van der Waals surface area contributed by atoms with E-state index in [0.29, 0.717) is 25.4 Å². The van der Waals surface area contributed by atoms with E-state index >= 15 is 0 Å². The van der Waals surface area contributed by atoms with Crippen LogP contribution in [0.3, 0.4) is 0 Å². The van der Waals surface area contributed by atoms with E-state index in [9.17, 15) is 14.7 Å². The summed E-state index contributed by atoms with van der Waals surface area (Å²) in [4.78, 5) is 24.4. The zero-order chi connectivity index (χ0) is 13.0. The van der Waals surface area contributed by atoms with E-state index in [-0.39, 0.29) is 17.9 Å². The molecule has 1 fully saturated rings. The summed E-state index contributed by atoms with van der Waals surface area (Å²) in [6.07, 6.45) is 0.717. The normalized spacial score (nSPS) is 24.2. The molecule has 1 aliphatic heterocycles. The Morgan fingerprint density at radius 3 is 2.59 bits per heavy atom. The van der Waals surface area contributed by atoms with Gasteiger partial charge in [0.25, 0.3) is 0 Å². The molecular weight excluding hydrogens is 220 g/mol. The number of nitrogens with zero attached hydrogens (tertiary/aromatic N) is 1. The third-order valence-electron chi connectivity index (χ3n) is 2.97. The molecule has 0 aromatic carbocycles. The summed E-state index contributed by atoms with van der Waals surface area (Å²) in [7, 11) is 0. The number of amides is 2. The quantitative estimate of drug-likeness (QED) is 0.736. The molecule has 2 N–H and O–H groups in total. The first-order valence-corrected chi connectivity index (χ1v) is 6.13. The van der Waals surface area contributed by atoms with E-state index in [4.69, 9.17) is 0 Å². The van der Waals surface area contributed by atoms with Crippen LogP contribution >= 0.6 is 0 Å². The number of β-amino-alcohol motifs (C(OH)–C–C–N with tert-alkyl or cyclic N) is 1. The second-order valence-corrected chi connectivity index (χ2v) is 5.11. The Hall–Kier alpha value is -1.10. The molecule has 0 unspecified atom stereocenters. The fraction of sp³-hybridized carbons (Fsp3) is 0.833. The van der Waals surface area contributed by atoms with Gasteiger partial charge >= 0.3 is 0 Å². The van der Waals surface area contributed by atoms with Crippen molar-refractivity contribution in [2.45, 2.75) is 45.8 Å². The number of hydrogen-bond donors (Lipinski definition) is 2. The first-order valence-electron chi connectivity index (χ1n) is 6.13. The molecule has 1 heterocycles. The molecule has 5 nitrogen and oxygen atoms in total. The van der Waals surface area contributed by atoms with E-state index in [2.05, 4.69) is 19.2 Å². The van der Waals surface area contributed by atoms with Crippen LogP contribution in [0.25, 0.3) is 0 Å². The molecule has 0 spiro atoms. The highest BCUT2D eigenvalue weighted by Crippen LogP contribution is 2.14. The number of aliphatic hydroxyl groups excluding tert-OH is 1. The third kappa shape index (κ3) is 4.34. The van der Waals surface area contributed by atoms with Gasteiger partial charge in [-0.05, 0) is 12.3 Å². The number of likely N-dealkylation sites (tertiary alicyclic amines) is 1. The van der Waals surface area contributed by atoms with E-state index in [1.165, 1.54) is 6.92 Å². The van der Waals surface area contributed by atoms with Crippen LogP contribution in [-0.2, 0) is 9.59 Å². The van der Waals surface area contributed by atoms with Crippen molar-refractivity contribution >= 4 is 11.8 Å². The summed E-state index contributed by atoms with van der Waals surface area (Å²) in [5, 5.41) is 12.4. The van der Waals surface area contributed by atoms with Crippen LogP contribution in [0.2, 0.25) is 0 Å². The molecule has 2 atom stereocenters. The van der Waals surface area contributed by atoms with Crippen molar-refractivity contribution < 1.29 is 14.7 Å². The second-order valence-electron chi connectivity index (χ2n) is 5.11. The maximum Gasteiger partial charge on any atom is 0.222 e. The van der Waals surface area contributed by atoms with Crippen molar-refractivity contribution in [2.24, 2.45) is 5.92 Å². The fourth-order valence-corrected chi connectivity index (χ4v) is 1.96. The highest BCUT2D eigenvalue weighted by Gasteiger charge is 2.34. The molecule has 17 heavy (non-hydrogen) atoms. The molecular formula is C12H22N2O3. The standard InChI is InChI=1S/C12H22N2O3/c1-8(2)4-5-12(17)14-6-10(11(16)7-14)13-9(3)15/h8,10-11,16H,4-7H2,1-3H3,(H,13,15)/t10-,11-/m1/s1. The van der Waals surface area contributed by atoms with Crippen molar-refractivity contribution in [1.29, 1.82) is 0 Å². The van der Waals surface area contributed by atoms with Crippen LogP contribution in [0.5, 0.6) is 0 Å². The summed E-state index contributed by atoms with van der Waals surface area (Å²) in [6.45, 7) is 6.30. The van der Waals surface area contributed by atoms with Gasteiger partial charge in [-0.2, -0.15) is 0 Å². The Labute approximate surface area is 102 Å².